The Morgan fingerprint density at radius 3 is 2.94 bits per heavy atom. The maximum absolute atomic E-state index is 11.5. The van der Waals surface area contributed by atoms with E-state index in [1.807, 2.05) is 31.2 Å². The summed E-state index contributed by atoms with van der Waals surface area (Å²) in [7, 11) is 1.64. The molecule has 94 valence electrons. The van der Waals surface area contributed by atoms with Gasteiger partial charge in [-0.2, -0.15) is 0 Å². The molecule has 1 aromatic carbocycles. The smallest absolute Gasteiger partial charge is 0.224 e. The van der Waals surface area contributed by atoms with Crippen LogP contribution in [0.3, 0.4) is 0 Å². The second kappa shape index (κ2) is 7.17. The van der Waals surface area contributed by atoms with Gasteiger partial charge in [-0.25, -0.2) is 0 Å². The maximum atomic E-state index is 11.5. The van der Waals surface area contributed by atoms with E-state index in [1.54, 1.807) is 7.11 Å². The normalized spacial score (nSPS) is 11.9. The van der Waals surface area contributed by atoms with Gasteiger partial charge < -0.3 is 10.1 Å². The van der Waals surface area contributed by atoms with Gasteiger partial charge in [0.1, 0.15) is 5.75 Å². The predicted molar refractivity (Wildman–Crippen MR) is 69.6 cm³/mol. The topological polar surface area (TPSA) is 38.3 Å². The molecule has 4 heteroatoms. The van der Waals surface area contributed by atoms with Gasteiger partial charge in [-0.15, -0.1) is 11.6 Å². The molecule has 0 spiro atoms. The van der Waals surface area contributed by atoms with E-state index in [9.17, 15) is 4.79 Å². The third-order valence-electron chi connectivity index (χ3n) is 2.53. The highest BCUT2D eigenvalue weighted by Gasteiger charge is 2.10. The minimum absolute atomic E-state index is 0.00268. The Morgan fingerprint density at radius 1 is 1.53 bits per heavy atom. The second-order valence-electron chi connectivity index (χ2n) is 3.95. The van der Waals surface area contributed by atoms with Gasteiger partial charge in [0.15, 0.2) is 0 Å². The molecule has 0 fully saturated rings. The van der Waals surface area contributed by atoms with Gasteiger partial charge in [-0.05, 0) is 24.1 Å². The molecule has 0 aromatic heterocycles. The van der Waals surface area contributed by atoms with Crippen molar-refractivity contribution >= 4 is 17.5 Å². The van der Waals surface area contributed by atoms with Crippen LogP contribution in [0.2, 0.25) is 0 Å². The molecular weight excluding hydrogens is 238 g/mol. The summed E-state index contributed by atoms with van der Waals surface area (Å²) in [5.74, 6) is 1.05. The molecule has 1 atom stereocenters. The monoisotopic (exact) mass is 255 g/mol. The van der Waals surface area contributed by atoms with E-state index in [4.69, 9.17) is 16.3 Å². The molecule has 3 nitrogen and oxygen atoms in total. The molecule has 1 aromatic rings. The first-order valence-electron chi connectivity index (χ1n) is 5.64. The van der Waals surface area contributed by atoms with Gasteiger partial charge in [-0.1, -0.05) is 19.1 Å². The van der Waals surface area contributed by atoms with Gasteiger partial charge in [0, 0.05) is 18.3 Å². The van der Waals surface area contributed by atoms with Crippen LogP contribution in [0.5, 0.6) is 5.75 Å². The van der Waals surface area contributed by atoms with E-state index < -0.39 is 0 Å². The van der Waals surface area contributed by atoms with Crippen LogP contribution in [-0.4, -0.2) is 25.4 Å². The number of ether oxygens (including phenoxy) is 1. The Kier molecular flexibility index (Phi) is 5.84. The van der Waals surface area contributed by atoms with Crippen molar-refractivity contribution in [1.29, 1.82) is 0 Å². The number of carbonyl (C=O) groups is 1. The van der Waals surface area contributed by atoms with Crippen molar-refractivity contribution < 1.29 is 9.53 Å². The van der Waals surface area contributed by atoms with Crippen LogP contribution in [-0.2, 0) is 11.2 Å². The van der Waals surface area contributed by atoms with Crippen molar-refractivity contribution in [1.82, 2.24) is 5.32 Å². The van der Waals surface area contributed by atoms with Crippen LogP contribution in [0.25, 0.3) is 0 Å². The van der Waals surface area contributed by atoms with Crippen molar-refractivity contribution in [2.24, 2.45) is 5.92 Å². The van der Waals surface area contributed by atoms with Crippen LogP contribution in [0.4, 0.5) is 0 Å². The lowest BCUT2D eigenvalue weighted by molar-refractivity contribution is -0.123. The number of methoxy groups -OCH3 is 1. The molecule has 0 heterocycles. The number of halogens is 1. The Bertz CT molecular complexity index is 368. The Labute approximate surface area is 107 Å². The molecule has 0 aliphatic rings. The number of benzene rings is 1. The third kappa shape index (κ3) is 4.65. The minimum Gasteiger partial charge on any atom is -0.497 e. The fourth-order valence-electron chi connectivity index (χ4n) is 1.40. The lowest BCUT2D eigenvalue weighted by atomic mass is 10.1. The second-order valence-corrected chi connectivity index (χ2v) is 4.26. The van der Waals surface area contributed by atoms with Gasteiger partial charge >= 0.3 is 0 Å². The van der Waals surface area contributed by atoms with E-state index in [1.165, 1.54) is 0 Å². The highest BCUT2D eigenvalue weighted by atomic mass is 35.5. The van der Waals surface area contributed by atoms with Crippen LogP contribution >= 0.6 is 11.6 Å². The summed E-state index contributed by atoms with van der Waals surface area (Å²) in [6.45, 7) is 2.43. The number of carbonyl (C=O) groups excluding carboxylic acids is 1. The Morgan fingerprint density at radius 2 is 2.29 bits per heavy atom. The Balaban J connectivity index is 2.37. The largest absolute Gasteiger partial charge is 0.497 e. The number of rotatable bonds is 6. The standard InChI is InChI=1S/C13H18ClNO2/c1-10(9-14)13(16)15-7-6-11-4-3-5-12(8-11)17-2/h3-5,8,10H,6-7,9H2,1-2H3,(H,15,16). The highest BCUT2D eigenvalue weighted by Crippen LogP contribution is 2.12. The van der Waals surface area contributed by atoms with Crippen LogP contribution in [0, 0.1) is 5.92 Å². The van der Waals surface area contributed by atoms with Crippen molar-refractivity contribution in [2.75, 3.05) is 19.5 Å². The predicted octanol–water partition coefficient (Wildman–Crippen LogP) is 2.23. The van der Waals surface area contributed by atoms with Crippen molar-refractivity contribution in [2.45, 2.75) is 13.3 Å². The molecule has 0 aliphatic carbocycles. The average Bonchev–Trinajstić information content (AvgIpc) is 2.37. The molecule has 0 aliphatic heterocycles. The number of hydrogen-bond donors (Lipinski definition) is 1. The quantitative estimate of drug-likeness (QED) is 0.792. The number of amides is 1. The molecular formula is C13H18ClNO2. The van der Waals surface area contributed by atoms with Crippen molar-refractivity contribution in [3.8, 4) is 5.75 Å². The number of alkyl halides is 1. The molecule has 0 radical (unpaired) electrons. The fourth-order valence-corrected chi connectivity index (χ4v) is 1.54. The first-order valence-corrected chi connectivity index (χ1v) is 6.17. The summed E-state index contributed by atoms with van der Waals surface area (Å²) in [5, 5.41) is 2.86. The minimum atomic E-state index is -0.137. The summed E-state index contributed by atoms with van der Waals surface area (Å²) in [4.78, 5) is 11.5. The summed E-state index contributed by atoms with van der Waals surface area (Å²) in [6, 6.07) is 7.83. The molecule has 1 rings (SSSR count). The van der Waals surface area contributed by atoms with E-state index >= 15 is 0 Å². The van der Waals surface area contributed by atoms with E-state index in [0.717, 1.165) is 17.7 Å². The maximum Gasteiger partial charge on any atom is 0.224 e. The lowest BCUT2D eigenvalue weighted by Gasteiger charge is -2.09. The zero-order chi connectivity index (χ0) is 12.7. The van der Waals surface area contributed by atoms with E-state index in [-0.39, 0.29) is 11.8 Å². The van der Waals surface area contributed by atoms with Crippen LogP contribution in [0.15, 0.2) is 24.3 Å². The van der Waals surface area contributed by atoms with Crippen molar-refractivity contribution in [3.05, 3.63) is 29.8 Å². The fraction of sp³-hybridized carbons (Fsp3) is 0.462. The Hall–Kier alpha value is -1.22. The molecule has 1 N–H and O–H groups in total. The molecule has 0 bridgehead atoms. The molecule has 17 heavy (non-hydrogen) atoms. The van der Waals surface area contributed by atoms with E-state index in [2.05, 4.69) is 5.32 Å². The zero-order valence-corrected chi connectivity index (χ0v) is 11.0. The van der Waals surface area contributed by atoms with Crippen LogP contribution in [0.1, 0.15) is 12.5 Å². The lowest BCUT2D eigenvalue weighted by Crippen LogP contribution is -2.31. The summed E-state index contributed by atoms with van der Waals surface area (Å²) in [5.41, 5.74) is 1.14. The number of hydrogen-bond acceptors (Lipinski definition) is 2. The van der Waals surface area contributed by atoms with Crippen molar-refractivity contribution in [3.63, 3.8) is 0 Å². The summed E-state index contributed by atoms with van der Waals surface area (Å²) >= 11 is 5.60. The molecule has 0 saturated heterocycles. The van der Waals surface area contributed by atoms with E-state index in [0.29, 0.717) is 12.4 Å². The van der Waals surface area contributed by atoms with Gasteiger partial charge in [0.25, 0.3) is 0 Å². The first-order chi connectivity index (χ1) is 8.17. The molecule has 1 amide bonds. The molecule has 1 unspecified atom stereocenters. The summed E-state index contributed by atoms with van der Waals surface area (Å²) in [6.07, 6.45) is 0.790. The van der Waals surface area contributed by atoms with Crippen LogP contribution < -0.4 is 10.1 Å². The average molecular weight is 256 g/mol. The SMILES string of the molecule is COc1cccc(CCNC(=O)C(C)CCl)c1. The third-order valence-corrected chi connectivity index (χ3v) is 2.99. The highest BCUT2D eigenvalue weighted by molar-refractivity contribution is 6.19. The first kappa shape index (κ1) is 13.8. The summed E-state index contributed by atoms with van der Waals surface area (Å²) < 4.78 is 5.13. The van der Waals surface area contributed by atoms with Gasteiger partial charge in [0.2, 0.25) is 5.91 Å². The molecule has 0 saturated carbocycles. The zero-order valence-electron chi connectivity index (χ0n) is 10.2. The van der Waals surface area contributed by atoms with Gasteiger partial charge in [0.05, 0.1) is 7.11 Å². The van der Waals surface area contributed by atoms with Gasteiger partial charge in [-0.3, -0.25) is 4.79 Å². The number of nitrogens with one attached hydrogen (secondary N) is 1.